The molecule has 0 aliphatic carbocycles. The van der Waals surface area contributed by atoms with E-state index in [1.54, 1.807) is 0 Å². The Labute approximate surface area is 95.4 Å². The van der Waals surface area contributed by atoms with E-state index in [1.165, 1.54) is 17.9 Å². The van der Waals surface area contributed by atoms with E-state index in [9.17, 15) is 0 Å². The van der Waals surface area contributed by atoms with E-state index in [-0.39, 0.29) is 5.54 Å². The molecular formula is C11H19N3S. The molecule has 0 bridgehead atoms. The lowest BCUT2D eigenvalue weighted by Gasteiger charge is -2.22. The summed E-state index contributed by atoms with van der Waals surface area (Å²) in [5, 5.41) is 0. The minimum absolute atomic E-state index is 0.289. The number of nitrogens with zero attached hydrogens (tertiary/aromatic N) is 2. The van der Waals surface area contributed by atoms with Gasteiger partial charge in [0.25, 0.3) is 0 Å². The average Bonchev–Trinajstić information content (AvgIpc) is 2.73. The standard InChI is InChI=1S/C11H19N3S/c1-11(2,12)10-5-13-8-14(10)6-9-3-4-15-7-9/h5,8-9H,3-4,6-7,12H2,1-2H3. The number of thioether (sulfide) groups is 1. The van der Waals surface area contributed by atoms with E-state index in [0.717, 1.165) is 18.2 Å². The van der Waals surface area contributed by atoms with E-state index in [0.29, 0.717) is 0 Å². The Morgan fingerprint density at radius 1 is 1.67 bits per heavy atom. The summed E-state index contributed by atoms with van der Waals surface area (Å²) in [6.07, 6.45) is 5.13. The Balaban J connectivity index is 2.11. The van der Waals surface area contributed by atoms with Crippen molar-refractivity contribution < 1.29 is 0 Å². The number of hydrogen-bond donors (Lipinski definition) is 1. The normalized spacial score (nSPS) is 22.2. The van der Waals surface area contributed by atoms with Gasteiger partial charge >= 0.3 is 0 Å². The lowest BCUT2D eigenvalue weighted by Crippen LogP contribution is -2.32. The van der Waals surface area contributed by atoms with Gasteiger partial charge < -0.3 is 10.3 Å². The Hall–Kier alpha value is -0.480. The van der Waals surface area contributed by atoms with Gasteiger partial charge in [-0.05, 0) is 37.7 Å². The number of rotatable bonds is 3. The quantitative estimate of drug-likeness (QED) is 0.853. The molecule has 0 aromatic carbocycles. The van der Waals surface area contributed by atoms with Crippen molar-refractivity contribution in [2.75, 3.05) is 11.5 Å². The molecule has 1 fully saturated rings. The lowest BCUT2D eigenvalue weighted by atomic mass is 10.0. The first kappa shape index (κ1) is 11.0. The highest BCUT2D eigenvalue weighted by Crippen LogP contribution is 2.26. The molecule has 2 N–H and O–H groups in total. The largest absolute Gasteiger partial charge is 0.333 e. The van der Waals surface area contributed by atoms with Crippen LogP contribution in [0, 0.1) is 5.92 Å². The molecule has 1 aromatic rings. The number of nitrogens with two attached hydrogens (primary N) is 1. The van der Waals surface area contributed by atoms with Gasteiger partial charge in [-0.25, -0.2) is 4.98 Å². The van der Waals surface area contributed by atoms with Crippen molar-refractivity contribution in [2.24, 2.45) is 11.7 Å². The van der Waals surface area contributed by atoms with Crippen molar-refractivity contribution in [3.05, 3.63) is 18.2 Å². The maximum Gasteiger partial charge on any atom is 0.0948 e. The molecule has 2 rings (SSSR count). The maximum absolute atomic E-state index is 6.11. The van der Waals surface area contributed by atoms with Crippen molar-refractivity contribution in [3.63, 3.8) is 0 Å². The Bertz CT molecular complexity index is 321. The summed E-state index contributed by atoms with van der Waals surface area (Å²) < 4.78 is 2.22. The molecule has 1 aromatic heterocycles. The van der Waals surface area contributed by atoms with Crippen LogP contribution in [0.25, 0.3) is 0 Å². The Kier molecular flexibility index (Phi) is 3.07. The minimum atomic E-state index is -0.289. The van der Waals surface area contributed by atoms with Crippen molar-refractivity contribution in [1.82, 2.24) is 9.55 Å². The van der Waals surface area contributed by atoms with Crippen LogP contribution in [0.2, 0.25) is 0 Å². The zero-order valence-corrected chi connectivity index (χ0v) is 10.3. The van der Waals surface area contributed by atoms with Crippen molar-refractivity contribution in [1.29, 1.82) is 0 Å². The van der Waals surface area contributed by atoms with Gasteiger partial charge in [0.2, 0.25) is 0 Å². The SMILES string of the molecule is CC(C)(N)c1cncn1CC1CCSC1. The first-order chi connectivity index (χ1) is 7.07. The van der Waals surface area contributed by atoms with Crippen LogP contribution >= 0.6 is 11.8 Å². The predicted octanol–water partition coefficient (Wildman–Crippen LogP) is 1.83. The van der Waals surface area contributed by atoms with Crippen LogP contribution in [-0.2, 0) is 12.1 Å². The van der Waals surface area contributed by atoms with Crippen molar-refractivity contribution in [2.45, 2.75) is 32.4 Å². The third-order valence-corrected chi connectivity index (χ3v) is 4.08. The Morgan fingerprint density at radius 2 is 2.47 bits per heavy atom. The first-order valence-electron chi connectivity index (χ1n) is 5.44. The Morgan fingerprint density at radius 3 is 3.07 bits per heavy atom. The fourth-order valence-corrected chi connectivity index (χ4v) is 3.28. The van der Waals surface area contributed by atoms with Crippen molar-refractivity contribution in [3.8, 4) is 0 Å². The maximum atomic E-state index is 6.11. The summed E-state index contributed by atoms with van der Waals surface area (Å²) in [4.78, 5) is 4.21. The highest BCUT2D eigenvalue weighted by Gasteiger charge is 2.22. The summed E-state index contributed by atoms with van der Waals surface area (Å²) in [6.45, 7) is 5.14. The number of hydrogen-bond acceptors (Lipinski definition) is 3. The molecule has 1 aliphatic rings. The molecular weight excluding hydrogens is 206 g/mol. The molecule has 0 saturated carbocycles. The molecule has 0 amide bonds. The molecule has 0 radical (unpaired) electrons. The van der Waals surface area contributed by atoms with Crippen LogP contribution in [0.4, 0.5) is 0 Å². The molecule has 15 heavy (non-hydrogen) atoms. The third-order valence-electron chi connectivity index (χ3n) is 2.85. The van der Waals surface area contributed by atoms with E-state index < -0.39 is 0 Å². The molecule has 1 saturated heterocycles. The smallest absolute Gasteiger partial charge is 0.0948 e. The molecule has 84 valence electrons. The van der Waals surface area contributed by atoms with Gasteiger partial charge in [-0.3, -0.25) is 0 Å². The summed E-state index contributed by atoms with van der Waals surface area (Å²) in [7, 11) is 0. The molecule has 3 nitrogen and oxygen atoms in total. The van der Waals surface area contributed by atoms with Crippen LogP contribution in [0.1, 0.15) is 26.0 Å². The monoisotopic (exact) mass is 225 g/mol. The predicted molar refractivity (Wildman–Crippen MR) is 64.9 cm³/mol. The van der Waals surface area contributed by atoms with Gasteiger partial charge in [0.05, 0.1) is 17.6 Å². The van der Waals surface area contributed by atoms with Gasteiger partial charge in [-0.15, -0.1) is 0 Å². The van der Waals surface area contributed by atoms with E-state index >= 15 is 0 Å². The highest BCUT2D eigenvalue weighted by atomic mass is 32.2. The van der Waals surface area contributed by atoms with Crippen LogP contribution < -0.4 is 5.73 Å². The third kappa shape index (κ3) is 2.55. The van der Waals surface area contributed by atoms with Crippen LogP contribution in [-0.4, -0.2) is 21.1 Å². The second-order valence-electron chi connectivity index (χ2n) is 4.88. The molecule has 0 spiro atoms. The van der Waals surface area contributed by atoms with Gasteiger partial charge in [0.15, 0.2) is 0 Å². The highest BCUT2D eigenvalue weighted by molar-refractivity contribution is 7.99. The second-order valence-corrected chi connectivity index (χ2v) is 6.03. The minimum Gasteiger partial charge on any atom is -0.333 e. The van der Waals surface area contributed by atoms with Crippen LogP contribution in [0.3, 0.4) is 0 Å². The number of aromatic nitrogens is 2. The zero-order valence-electron chi connectivity index (χ0n) is 9.44. The topological polar surface area (TPSA) is 43.8 Å². The zero-order chi connectivity index (χ0) is 10.9. The summed E-state index contributed by atoms with van der Waals surface area (Å²) in [5.74, 6) is 3.38. The van der Waals surface area contributed by atoms with Crippen LogP contribution in [0.5, 0.6) is 0 Å². The van der Waals surface area contributed by atoms with Crippen LogP contribution in [0.15, 0.2) is 12.5 Å². The van der Waals surface area contributed by atoms with Gasteiger partial charge in [0, 0.05) is 12.7 Å². The summed E-state index contributed by atoms with van der Waals surface area (Å²) in [6, 6.07) is 0. The molecule has 1 aliphatic heterocycles. The average molecular weight is 225 g/mol. The van der Waals surface area contributed by atoms with Gasteiger partial charge in [-0.2, -0.15) is 11.8 Å². The molecule has 2 heterocycles. The molecule has 1 unspecified atom stereocenters. The van der Waals surface area contributed by atoms with E-state index in [1.807, 2.05) is 26.4 Å². The lowest BCUT2D eigenvalue weighted by molar-refractivity contribution is 0.437. The molecule has 4 heteroatoms. The molecule has 1 atom stereocenters. The summed E-state index contributed by atoms with van der Waals surface area (Å²) in [5.41, 5.74) is 6.96. The summed E-state index contributed by atoms with van der Waals surface area (Å²) >= 11 is 2.05. The number of imidazole rings is 1. The van der Waals surface area contributed by atoms with Gasteiger partial charge in [0.1, 0.15) is 0 Å². The fraction of sp³-hybridized carbons (Fsp3) is 0.727. The van der Waals surface area contributed by atoms with Gasteiger partial charge in [-0.1, -0.05) is 0 Å². The fourth-order valence-electron chi connectivity index (χ4n) is 2.01. The second kappa shape index (κ2) is 4.18. The van der Waals surface area contributed by atoms with Crippen molar-refractivity contribution >= 4 is 11.8 Å². The van der Waals surface area contributed by atoms with E-state index in [4.69, 9.17) is 5.73 Å². The first-order valence-corrected chi connectivity index (χ1v) is 6.60. The van der Waals surface area contributed by atoms with E-state index in [2.05, 4.69) is 21.3 Å².